The van der Waals surface area contributed by atoms with Crippen molar-refractivity contribution in [3.63, 3.8) is 0 Å². The molecule has 0 aromatic carbocycles. The van der Waals surface area contributed by atoms with Crippen molar-refractivity contribution in [2.75, 3.05) is 31.5 Å². The summed E-state index contributed by atoms with van der Waals surface area (Å²) in [6, 6.07) is 3.40. The van der Waals surface area contributed by atoms with E-state index in [0.29, 0.717) is 49.1 Å². The Morgan fingerprint density at radius 2 is 1.92 bits per heavy atom. The van der Waals surface area contributed by atoms with Crippen LogP contribution in [-0.2, 0) is 9.59 Å². The number of carbonyl (C=O) groups excluding carboxylic acids is 2. The monoisotopic (exact) mass is 378 g/mol. The Balaban J connectivity index is 1.39. The quantitative estimate of drug-likeness (QED) is 0.826. The van der Waals surface area contributed by atoms with Crippen LogP contribution in [0.15, 0.2) is 18.3 Å². The van der Waals surface area contributed by atoms with E-state index in [1.165, 1.54) is 19.0 Å². The molecule has 0 aliphatic carbocycles. The number of amides is 2. The number of hydrogen-bond donors (Lipinski definition) is 2. The summed E-state index contributed by atoms with van der Waals surface area (Å²) in [5.74, 6) is 1.33. The number of hydrogen-bond acceptors (Lipinski definition) is 4. The van der Waals surface area contributed by atoms with Gasteiger partial charge in [0.2, 0.25) is 11.8 Å². The van der Waals surface area contributed by atoms with Gasteiger partial charge in [0, 0.05) is 31.6 Å². The third-order valence-corrected chi connectivity index (χ3v) is 5.65. The van der Waals surface area contributed by atoms with Gasteiger partial charge in [-0.3, -0.25) is 9.59 Å². The molecule has 1 aromatic heterocycles. The SMILES string of the molecule is O=C(Nc1ccc(Cl)cn1)C1CCN(C(=O)CCC2CCNCC2)CC1. The number of nitrogens with one attached hydrogen (secondary N) is 2. The van der Waals surface area contributed by atoms with Crippen LogP contribution < -0.4 is 10.6 Å². The van der Waals surface area contributed by atoms with Crippen molar-refractivity contribution >= 4 is 29.2 Å². The summed E-state index contributed by atoms with van der Waals surface area (Å²) in [5.41, 5.74) is 0. The Kier molecular flexibility index (Phi) is 6.86. The zero-order chi connectivity index (χ0) is 18.4. The summed E-state index contributed by atoms with van der Waals surface area (Å²) in [6.07, 6.45) is 6.90. The molecule has 2 saturated heterocycles. The summed E-state index contributed by atoms with van der Waals surface area (Å²) in [6.45, 7) is 3.47. The first-order valence-corrected chi connectivity index (χ1v) is 9.90. The van der Waals surface area contributed by atoms with Crippen molar-refractivity contribution in [1.82, 2.24) is 15.2 Å². The van der Waals surface area contributed by atoms with E-state index in [0.717, 1.165) is 19.5 Å². The molecule has 2 amide bonds. The van der Waals surface area contributed by atoms with Gasteiger partial charge in [0.25, 0.3) is 0 Å². The summed E-state index contributed by atoms with van der Waals surface area (Å²) < 4.78 is 0. The molecular formula is C19H27ClN4O2. The highest BCUT2D eigenvalue weighted by Crippen LogP contribution is 2.22. The standard InChI is InChI=1S/C19H27ClN4O2/c20-16-2-3-17(22-13-16)23-19(26)15-7-11-24(12-8-15)18(25)4-1-14-5-9-21-10-6-14/h2-3,13-15,21H,1,4-12H2,(H,22,23,26). The molecule has 6 nitrogen and oxygen atoms in total. The number of rotatable bonds is 5. The average molecular weight is 379 g/mol. The molecule has 0 spiro atoms. The highest BCUT2D eigenvalue weighted by Gasteiger charge is 2.27. The number of piperidine rings is 2. The molecule has 2 aliphatic heterocycles. The van der Waals surface area contributed by atoms with Crippen LogP contribution >= 0.6 is 11.6 Å². The predicted octanol–water partition coefficient (Wildman–Crippen LogP) is 2.69. The van der Waals surface area contributed by atoms with Crippen molar-refractivity contribution in [2.45, 2.75) is 38.5 Å². The fourth-order valence-electron chi connectivity index (χ4n) is 3.73. The van der Waals surface area contributed by atoms with Crippen LogP contribution in [0.1, 0.15) is 38.5 Å². The Bertz CT molecular complexity index is 608. The van der Waals surface area contributed by atoms with E-state index in [1.807, 2.05) is 4.90 Å². The second-order valence-corrected chi connectivity index (χ2v) is 7.67. The van der Waals surface area contributed by atoms with Crippen LogP contribution in [0.25, 0.3) is 0 Å². The Morgan fingerprint density at radius 1 is 1.19 bits per heavy atom. The first kappa shape index (κ1) is 19.1. The number of anilines is 1. The average Bonchev–Trinajstić information content (AvgIpc) is 2.69. The van der Waals surface area contributed by atoms with Crippen LogP contribution in [0.2, 0.25) is 5.02 Å². The molecule has 0 unspecified atom stereocenters. The lowest BCUT2D eigenvalue weighted by molar-refractivity contribution is -0.134. The van der Waals surface area contributed by atoms with Crippen LogP contribution in [0.4, 0.5) is 5.82 Å². The molecule has 2 fully saturated rings. The van der Waals surface area contributed by atoms with Crippen LogP contribution in [-0.4, -0.2) is 47.9 Å². The van der Waals surface area contributed by atoms with Crippen molar-refractivity contribution in [3.05, 3.63) is 23.4 Å². The first-order chi connectivity index (χ1) is 12.6. The molecule has 0 saturated carbocycles. The Morgan fingerprint density at radius 3 is 2.58 bits per heavy atom. The molecule has 26 heavy (non-hydrogen) atoms. The van der Waals surface area contributed by atoms with Crippen molar-refractivity contribution in [3.8, 4) is 0 Å². The molecule has 2 N–H and O–H groups in total. The molecule has 2 aliphatic rings. The minimum atomic E-state index is -0.0686. The number of nitrogens with zero attached hydrogens (tertiary/aromatic N) is 2. The molecule has 3 heterocycles. The van der Waals surface area contributed by atoms with Gasteiger partial charge in [-0.1, -0.05) is 11.6 Å². The van der Waals surface area contributed by atoms with Gasteiger partial charge < -0.3 is 15.5 Å². The third-order valence-electron chi connectivity index (χ3n) is 5.42. The Hall–Kier alpha value is -1.66. The van der Waals surface area contributed by atoms with Gasteiger partial charge >= 0.3 is 0 Å². The van der Waals surface area contributed by atoms with Gasteiger partial charge in [-0.05, 0) is 63.2 Å². The lowest BCUT2D eigenvalue weighted by atomic mass is 9.92. The van der Waals surface area contributed by atoms with Crippen LogP contribution in [0, 0.1) is 11.8 Å². The molecule has 3 rings (SSSR count). The van der Waals surface area contributed by atoms with E-state index in [9.17, 15) is 9.59 Å². The molecule has 0 bridgehead atoms. The predicted molar refractivity (Wildman–Crippen MR) is 102 cm³/mol. The summed E-state index contributed by atoms with van der Waals surface area (Å²) in [4.78, 5) is 30.8. The van der Waals surface area contributed by atoms with E-state index in [2.05, 4.69) is 15.6 Å². The van der Waals surface area contributed by atoms with Gasteiger partial charge in [0.05, 0.1) is 5.02 Å². The van der Waals surface area contributed by atoms with Gasteiger partial charge in [0.15, 0.2) is 0 Å². The lowest BCUT2D eigenvalue weighted by Crippen LogP contribution is -2.41. The normalized spacial score (nSPS) is 19.3. The van der Waals surface area contributed by atoms with E-state index in [4.69, 9.17) is 11.6 Å². The van der Waals surface area contributed by atoms with E-state index in [-0.39, 0.29) is 17.7 Å². The Labute approximate surface area is 159 Å². The highest BCUT2D eigenvalue weighted by molar-refractivity contribution is 6.30. The summed E-state index contributed by atoms with van der Waals surface area (Å²) in [7, 11) is 0. The zero-order valence-electron chi connectivity index (χ0n) is 15.0. The summed E-state index contributed by atoms with van der Waals surface area (Å²) >= 11 is 5.80. The molecule has 0 atom stereocenters. The molecule has 1 aromatic rings. The minimum absolute atomic E-state index is 0.0263. The second-order valence-electron chi connectivity index (χ2n) is 7.24. The number of pyridine rings is 1. The number of aromatic nitrogens is 1. The maximum atomic E-state index is 12.4. The molecule has 0 radical (unpaired) electrons. The van der Waals surface area contributed by atoms with Gasteiger partial charge in [-0.15, -0.1) is 0 Å². The third kappa shape index (κ3) is 5.42. The minimum Gasteiger partial charge on any atom is -0.343 e. The topological polar surface area (TPSA) is 74.3 Å². The maximum absolute atomic E-state index is 12.4. The number of halogens is 1. The summed E-state index contributed by atoms with van der Waals surface area (Å²) in [5, 5.41) is 6.73. The maximum Gasteiger partial charge on any atom is 0.228 e. The van der Waals surface area contributed by atoms with Gasteiger partial charge in [-0.2, -0.15) is 0 Å². The zero-order valence-corrected chi connectivity index (χ0v) is 15.8. The number of carbonyl (C=O) groups is 2. The molecule has 142 valence electrons. The van der Waals surface area contributed by atoms with Crippen molar-refractivity contribution in [2.24, 2.45) is 11.8 Å². The van der Waals surface area contributed by atoms with Gasteiger partial charge in [-0.25, -0.2) is 4.98 Å². The fourth-order valence-corrected chi connectivity index (χ4v) is 3.84. The van der Waals surface area contributed by atoms with E-state index >= 15 is 0 Å². The van der Waals surface area contributed by atoms with Gasteiger partial charge in [0.1, 0.15) is 5.82 Å². The smallest absolute Gasteiger partial charge is 0.228 e. The fraction of sp³-hybridized carbons (Fsp3) is 0.632. The first-order valence-electron chi connectivity index (χ1n) is 9.53. The highest BCUT2D eigenvalue weighted by atomic mass is 35.5. The van der Waals surface area contributed by atoms with Crippen molar-refractivity contribution in [1.29, 1.82) is 0 Å². The van der Waals surface area contributed by atoms with Crippen LogP contribution in [0.5, 0.6) is 0 Å². The van der Waals surface area contributed by atoms with Crippen LogP contribution in [0.3, 0.4) is 0 Å². The van der Waals surface area contributed by atoms with Crippen molar-refractivity contribution < 1.29 is 9.59 Å². The van der Waals surface area contributed by atoms with E-state index in [1.54, 1.807) is 12.1 Å². The largest absolute Gasteiger partial charge is 0.343 e. The van der Waals surface area contributed by atoms with E-state index < -0.39 is 0 Å². The number of likely N-dealkylation sites (tertiary alicyclic amines) is 1. The second kappa shape index (κ2) is 9.33. The molecule has 7 heteroatoms. The lowest BCUT2D eigenvalue weighted by Gasteiger charge is -2.32. The molecular weight excluding hydrogens is 352 g/mol.